The number of aliphatic hydroxyl groups is 1. The molecule has 1 aliphatic heterocycles. The van der Waals surface area contributed by atoms with E-state index in [9.17, 15) is 8.42 Å². The Hall–Kier alpha value is -0.950. The molecule has 6 heteroatoms. The summed E-state index contributed by atoms with van der Waals surface area (Å²) in [4.78, 5) is 0.226. The molecule has 0 spiro atoms. The molecule has 20 heavy (non-hydrogen) atoms. The van der Waals surface area contributed by atoms with Gasteiger partial charge in [-0.05, 0) is 37.5 Å². The first-order chi connectivity index (χ1) is 9.41. The third-order valence-corrected chi connectivity index (χ3v) is 5.68. The zero-order valence-electron chi connectivity index (χ0n) is 11.9. The predicted octanol–water partition coefficient (Wildman–Crippen LogP) is 1.37. The van der Waals surface area contributed by atoms with Crippen molar-refractivity contribution in [1.29, 1.82) is 0 Å². The number of hydrogen-bond acceptors (Lipinski definition) is 4. The lowest BCUT2D eigenvalue weighted by Crippen LogP contribution is -2.49. The molecule has 1 fully saturated rings. The second kappa shape index (κ2) is 5.81. The maximum absolute atomic E-state index is 12.6. The van der Waals surface area contributed by atoms with Crippen molar-refractivity contribution >= 4 is 10.0 Å². The minimum absolute atomic E-state index is 0.168. The van der Waals surface area contributed by atoms with Gasteiger partial charge in [0.15, 0.2) is 0 Å². The van der Waals surface area contributed by atoms with Crippen LogP contribution in [0.15, 0.2) is 29.2 Å². The van der Waals surface area contributed by atoms with E-state index in [0.717, 1.165) is 12.8 Å². The van der Waals surface area contributed by atoms with Gasteiger partial charge in [-0.3, -0.25) is 0 Å². The summed E-state index contributed by atoms with van der Waals surface area (Å²) in [5.41, 5.74) is 0.164. The van der Waals surface area contributed by atoms with E-state index in [-0.39, 0.29) is 11.5 Å². The quantitative estimate of drug-likeness (QED) is 0.912. The van der Waals surface area contributed by atoms with Crippen LogP contribution >= 0.6 is 0 Å². The van der Waals surface area contributed by atoms with Crippen LogP contribution in [0.4, 0.5) is 0 Å². The predicted molar refractivity (Wildman–Crippen MR) is 75.8 cm³/mol. The van der Waals surface area contributed by atoms with Gasteiger partial charge in [-0.1, -0.05) is 12.1 Å². The minimum atomic E-state index is -3.53. The van der Waals surface area contributed by atoms with Gasteiger partial charge < -0.3 is 9.84 Å². The Morgan fingerprint density at radius 3 is 2.85 bits per heavy atom. The van der Waals surface area contributed by atoms with Gasteiger partial charge in [-0.2, -0.15) is 4.31 Å². The standard InChI is InChI=1S/C14H21NO4S/c1-14(19-2)7-4-8-15(11-14)20(17,18)13-6-3-5-12(9-13)10-16/h3,5-6,9,16H,4,7-8,10-11H2,1-2H3. The van der Waals surface area contributed by atoms with E-state index >= 15 is 0 Å². The SMILES string of the molecule is COC1(C)CCCN(S(=O)(=O)c2cccc(CO)c2)C1. The average molecular weight is 299 g/mol. The number of methoxy groups -OCH3 is 1. The van der Waals surface area contributed by atoms with Gasteiger partial charge in [0, 0.05) is 20.2 Å². The maximum Gasteiger partial charge on any atom is 0.243 e. The molecular formula is C14H21NO4S. The molecule has 1 unspecified atom stereocenters. The molecule has 1 aromatic carbocycles. The number of sulfonamides is 1. The van der Waals surface area contributed by atoms with Crippen molar-refractivity contribution in [3.05, 3.63) is 29.8 Å². The summed E-state index contributed by atoms with van der Waals surface area (Å²) in [7, 11) is -1.92. The summed E-state index contributed by atoms with van der Waals surface area (Å²) in [6, 6.07) is 6.44. The normalized spacial score (nSPS) is 24.8. The van der Waals surface area contributed by atoms with E-state index in [1.54, 1.807) is 25.3 Å². The summed E-state index contributed by atoms with van der Waals surface area (Å²) in [6.45, 7) is 2.62. The highest BCUT2D eigenvalue weighted by atomic mass is 32.2. The largest absolute Gasteiger partial charge is 0.392 e. The zero-order chi connectivity index (χ0) is 14.8. The Balaban J connectivity index is 2.30. The van der Waals surface area contributed by atoms with Crippen LogP contribution in [0, 0.1) is 0 Å². The molecule has 1 saturated heterocycles. The molecule has 0 aliphatic carbocycles. The summed E-state index contributed by atoms with van der Waals surface area (Å²) in [5.74, 6) is 0. The Kier molecular flexibility index (Phi) is 4.49. The van der Waals surface area contributed by atoms with E-state index < -0.39 is 15.6 Å². The number of benzene rings is 1. The molecule has 112 valence electrons. The van der Waals surface area contributed by atoms with Gasteiger partial charge in [0.2, 0.25) is 10.0 Å². The molecule has 1 N–H and O–H groups in total. The van der Waals surface area contributed by atoms with Crippen LogP contribution < -0.4 is 0 Å². The van der Waals surface area contributed by atoms with Crippen LogP contribution in [-0.4, -0.2) is 43.6 Å². The summed E-state index contributed by atoms with van der Waals surface area (Å²) in [6.07, 6.45) is 1.63. The lowest BCUT2D eigenvalue weighted by Gasteiger charge is -2.38. The molecule has 2 rings (SSSR count). The highest BCUT2D eigenvalue weighted by molar-refractivity contribution is 7.89. The first-order valence-corrected chi connectivity index (χ1v) is 8.10. The molecule has 1 atom stereocenters. The third-order valence-electron chi connectivity index (χ3n) is 3.84. The van der Waals surface area contributed by atoms with Gasteiger partial charge in [0.05, 0.1) is 17.1 Å². The second-order valence-electron chi connectivity index (χ2n) is 5.40. The van der Waals surface area contributed by atoms with Crippen LogP contribution in [0.5, 0.6) is 0 Å². The number of rotatable bonds is 4. The van der Waals surface area contributed by atoms with Crippen LogP contribution in [-0.2, 0) is 21.4 Å². The topological polar surface area (TPSA) is 66.8 Å². The van der Waals surface area contributed by atoms with Crippen LogP contribution in [0.25, 0.3) is 0 Å². The Morgan fingerprint density at radius 1 is 1.45 bits per heavy atom. The minimum Gasteiger partial charge on any atom is -0.392 e. The highest BCUT2D eigenvalue weighted by Crippen LogP contribution is 2.28. The van der Waals surface area contributed by atoms with E-state index in [1.165, 1.54) is 10.4 Å². The molecule has 0 saturated carbocycles. The van der Waals surface area contributed by atoms with Gasteiger partial charge >= 0.3 is 0 Å². The van der Waals surface area contributed by atoms with Gasteiger partial charge in [-0.15, -0.1) is 0 Å². The highest BCUT2D eigenvalue weighted by Gasteiger charge is 2.37. The number of nitrogens with zero attached hydrogens (tertiary/aromatic N) is 1. The molecule has 1 aromatic rings. The van der Waals surface area contributed by atoms with Crippen molar-refractivity contribution in [2.24, 2.45) is 0 Å². The Morgan fingerprint density at radius 2 is 2.20 bits per heavy atom. The molecule has 0 bridgehead atoms. The fraction of sp³-hybridized carbons (Fsp3) is 0.571. The third kappa shape index (κ3) is 3.03. The van der Waals surface area contributed by atoms with Crippen molar-refractivity contribution in [2.45, 2.75) is 36.9 Å². The van der Waals surface area contributed by atoms with Crippen molar-refractivity contribution in [1.82, 2.24) is 4.31 Å². The number of hydrogen-bond donors (Lipinski definition) is 1. The van der Waals surface area contributed by atoms with E-state index in [4.69, 9.17) is 9.84 Å². The van der Waals surface area contributed by atoms with Crippen molar-refractivity contribution in [3.63, 3.8) is 0 Å². The molecular weight excluding hydrogens is 278 g/mol. The van der Waals surface area contributed by atoms with Crippen molar-refractivity contribution < 1.29 is 18.3 Å². The zero-order valence-corrected chi connectivity index (χ0v) is 12.7. The Labute approximate surface area is 120 Å². The fourth-order valence-electron chi connectivity index (χ4n) is 2.49. The van der Waals surface area contributed by atoms with E-state index in [1.807, 2.05) is 6.92 Å². The number of piperidine rings is 1. The van der Waals surface area contributed by atoms with Crippen LogP contribution in [0.3, 0.4) is 0 Å². The molecule has 0 aromatic heterocycles. The van der Waals surface area contributed by atoms with E-state index in [2.05, 4.69) is 0 Å². The summed E-state index contributed by atoms with van der Waals surface area (Å²) >= 11 is 0. The molecule has 0 amide bonds. The number of ether oxygens (including phenoxy) is 1. The van der Waals surface area contributed by atoms with Crippen molar-refractivity contribution in [2.75, 3.05) is 20.2 Å². The summed E-state index contributed by atoms with van der Waals surface area (Å²) < 4.78 is 32.2. The monoisotopic (exact) mass is 299 g/mol. The lowest BCUT2D eigenvalue weighted by atomic mass is 9.96. The van der Waals surface area contributed by atoms with Crippen molar-refractivity contribution in [3.8, 4) is 0 Å². The van der Waals surface area contributed by atoms with Gasteiger partial charge in [-0.25, -0.2) is 8.42 Å². The lowest BCUT2D eigenvalue weighted by molar-refractivity contribution is -0.0319. The molecule has 1 aliphatic rings. The van der Waals surface area contributed by atoms with Gasteiger partial charge in [0.25, 0.3) is 0 Å². The number of aliphatic hydroxyl groups excluding tert-OH is 1. The smallest absolute Gasteiger partial charge is 0.243 e. The Bertz CT molecular complexity index is 572. The maximum atomic E-state index is 12.6. The van der Waals surface area contributed by atoms with E-state index in [0.29, 0.717) is 18.7 Å². The second-order valence-corrected chi connectivity index (χ2v) is 7.34. The van der Waals surface area contributed by atoms with Crippen LogP contribution in [0.2, 0.25) is 0 Å². The van der Waals surface area contributed by atoms with Gasteiger partial charge in [0.1, 0.15) is 0 Å². The fourth-order valence-corrected chi connectivity index (χ4v) is 4.15. The average Bonchev–Trinajstić information content (AvgIpc) is 2.47. The summed E-state index contributed by atoms with van der Waals surface area (Å²) in [5, 5.41) is 9.13. The molecule has 5 nitrogen and oxygen atoms in total. The van der Waals surface area contributed by atoms with Crippen LogP contribution in [0.1, 0.15) is 25.3 Å². The first-order valence-electron chi connectivity index (χ1n) is 6.66. The first kappa shape index (κ1) is 15.4. The molecule has 1 heterocycles. The molecule has 0 radical (unpaired) electrons.